The third kappa shape index (κ3) is 3.58. The highest BCUT2D eigenvalue weighted by Gasteiger charge is 2.32. The summed E-state index contributed by atoms with van der Waals surface area (Å²) >= 11 is 4.97. The molecule has 1 unspecified atom stereocenters. The van der Waals surface area contributed by atoms with E-state index in [0.717, 1.165) is 28.6 Å². The van der Waals surface area contributed by atoms with E-state index in [2.05, 4.69) is 15.9 Å². The Balaban J connectivity index is 2.10. The molecule has 1 atom stereocenters. The predicted octanol–water partition coefficient (Wildman–Crippen LogP) is 3.06. The first-order chi connectivity index (χ1) is 8.91. The van der Waals surface area contributed by atoms with Crippen LogP contribution in [0.3, 0.4) is 0 Å². The molecule has 0 N–H and O–H groups in total. The summed E-state index contributed by atoms with van der Waals surface area (Å²) in [7, 11) is -1.69. The lowest BCUT2D eigenvalue weighted by Crippen LogP contribution is -2.48. The first-order valence-electron chi connectivity index (χ1n) is 6.37. The zero-order chi connectivity index (χ0) is 14.0. The summed E-state index contributed by atoms with van der Waals surface area (Å²) in [5, 5.41) is 1.98. The Morgan fingerprint density at radius 2 is 2.26 bits per heavy atom. The molecule has 1 aromatic rings. The molecule has 19 heavy (non-hydrogen) atoms. The zero-order valence-electron chi connectivity index (χ0n) is 11.2. The van der Waals surface area contributed by atoms with Crippen molar-refractivity contribution < 1.29 is 8.42 Å². The first-order valence-corrected chi connectivity index (χ1v) is 9.44. The molecule has 2 heterocycles. The van der Waals surface area contributed by atoms with Gasteiger partial charge in [-0.3, -0.25) is 0 Å². The quantitative estimate of drug-likeness (QED) is 0.821. The van der Waals surface area contributed by atoms with E-state index in [9.17, 15) is 8.42 Å². The maximum absolute atomic E-state index is 12.6. The van der Waals surface area contributed by atoms with Crippen LogP contribution in [0.5, 0.6) is 0 Å². The van der Waals surface area contributed by atoms with Gasteiger partial charge in [-0.15, -0.1) is 11.3 Å². The Bertz CT molecular complexity index is 530. The minimum absolute atomic E-state index is 0.107. The Morgan fingerprint density at radius 3 is 2.84 bits per heavy atom. The van der Waals surface area contributed by atoms with Crippen LogP contribution in [0.2, 0.25) is 0 Å². The van der Waals surface area contributed by atoms with Crippen LogP contribution in [-0.4, -0.2) is 36.7 Å². The van der Waals surface area contributed by atoms with E-state index in [1.165, 1.54) is 4.31 Å². The van der Waals surface area contributed by atoms with Crippen molar-refractivity contribution in [2.45, 2.75) is 38.8 Å². The fourth-order valence-corrected chi connectivity index (χ4v) is 5.15. The molecule has 1 aromatic heterocycles. The minimum Gasteiger partial charge on any atom is -0.195 e. The molecule has 1 saturated heterocycles. The number of rotatable bonds is 4. The van der Waals surface area contributed by atoms with Crippen LogP contribution < -0.4 is 0 Å². The molecule has 2 rings (SSSR count). The molecule has 4 nitrogen and oxygen atoms in total. The second-order valence-electron chi connectivity index (χ2n) is 4.98. The highest BCUT2D eigenvalue weighted by atomic mass is 79.9. The zero-order valence-corrected chi connectivity index (χ0v) is 14.4. The molecule has 0 saturated carbocycles. The van der Waals surface area contributed by atoms with Crippen molar-refractivity contribution in [2.24, 2.45) is 0 Å². The molecule has 0 aromatic carbocycles. The van der Waals surface area contributed by atoms with Crippen molar-refractivity contribution in [3.05, 3.63) is 20.8 Å². The summed E-state index contributed by atoms with van der Waals surface area (Å²) in [6.07, 6.45) is 3.03. The van der Waals surface area contributed by atoms with Crippen molar-refractivity contribution in [1.82, 2.24) is 8.61 Å². The predicted molar refractivity (Wildman–Crippen MR) is 82.4 cm³/mol. The van der Waals surface area contributed by atoms with Gasteiger partial charge in [-0.25, -0.2) is 0 Å². The van der Waals surface area contributed by atoms with Gasteiger partial charge in [0, 0.05) is 26.2 Å². The van der Waals surface area contributed by atoms with Gasteiger partial charge in [0.1, 0.15) is 0 Å². The maximum atomic E-state index is 12.6. The number of hydrogen-bond donors (Lipinski definition) is 0. The van der Waals surface area contributed by atoms with Crippen LogP contribution in [0, 0.1) is 0 Å². The van der Waals surface area contributed by atoms with Crippen molar-refractivity contribution in [3.63, 3.8) is 0 Å². The van der Waals surface area contributed by atoms with Gasteiger partial charge >= 0.3 is 0 Å². The molecule has 1 fully saturated rings. The standard InChI is InChI=1S/C12H19BrN2O2S2/c1-10-5-3-4-6-15(10)19(16,17)14(2)8-11-7-12(13)18-9-11/h7,9-10H,3-6,8H2,1-2H3. The van der Waals surface area contributed by atoms with Crippen LogP contribution in [0.4, 0.5) is 0 Å². The number of hydrogen-bond acceptors (Lipinski definition) is 3. The Hall–Kier alpha value is 0.0500. The maximum Gasteiger partial charge on any atom is 0.282 e. The van der Waals surface area contributed by atoms with Gasteiger partial charge in [-0.2, -0.15) is 17.0 Å². The number of thiophene rings is 1. The van der Waals surface area contributed by atoms with Crippen LogP contribution in [0.1, 0.15) is 31.7 Å². The summed E-state index contributed by atoms with van der Waals surface area (Å²) in [6, 6.07) is 2.08. The Labute approximate surface area is 127 Å². The highest BCUT2D eigenvalue weighted by Crippen LogP contribution is 2.25. The van der Waals surface area contributed by atoms with Gasteiger partial charge in [0.2, 0.25) is 0 Å². The molecule has 1 aliphatic rings. The third-order valence-corrected chi connectivity index (χ3v) is 7.06. The molecule has 0 radical (unpaired) electrons. The Kier molecular flexibility index (Phi) is 5.05. The summed E-state index contributed by atoms with van der Waals surface area (Å²) in [4.78, 5) is 0. The summed E-state index contributed by atoms with van der Waals surface area (Å²) < 4.78 is 29.2. The van der Waals surface area contributed by atoms with Crippen LogP contribution >= 0.6 is 27.3 Å². The molecule has 0 aliphatic carbocycles. The summed E-state index contributed by atoms with van der Waals surface area (Å²) in [5.74, 6) is 0. The molecular formula is C12H19BrN2O2S2. The van der Waals surface area contributed by atoms with E-state index < -0.39 is 10.2 Å². The van der Waals surface area contributed by atoms with Gasteiger partial charge in [0.05, 0.1) is 3.79 Å². The fourth-order valence-electron chi connectivity index (χ4n) is 2.36. The lowest BCUT2D eigenvalue weighted by Gasteiger charge is -2.35. The molecular weight excluding hydrogens is 348 g/mol. The average molecular weight is 367 g/mol. The van der Waals surface area contributed by atoms with Crippen molar-refractivity contribution in [3.8, 4) is 0 Å². The fraction of sp³-hybridized carbons (Fsp3) is 0.667. The lowest BCUT2D eigenvalue weighted by atomic mass is 10.1. The van der Waals surface area contributed by atoms with E-state index in [1.54, 1.807) is 22.7 Å². The number of piperidine rings is 1. The van der Waals surface area contributed by atoms with Gasteiger partial charge < -0.3 is 0 Å². The third-order valence-electron chi connectivity index (χ3n) is 3.46. The second kappa shape index (κ2) is 6.22. The van der Waals surface area contributed by atoms with Crippen molar-refractivity contribution >= 4 is 37.5 Å². The monoisotopic (exact) mass is 366 g/mol. The topological polar surface area (TPSA) is 40.6 Å². The van der Waals surface area contributed by atoms with Crippen LogP contribution in [-0.2, 0) is 16.8 Å². The normalized spacial score (nSPS) is 22.0. The largest absolute Gasteiger partial charge is 0.282 e. The second-order valence-corrected chi connectivity index (χ2v) is 9.26. The molecule has 108 valence electrons. The average Bonchev–Trinajstić information content (AvgIpc) is 2.75. The van der Waals surface area contributed by atoms with Gasteiger partial charge in [-0.05, 0) is 52.7 Å². The lowest BCUT2D eigenvalue weighted by molar-refractivity contribution is 0.249. The summed E-state index contributed by atoms with van der Waals surface area (Å²) in [5.41, 5.74) is 1.02. The molecule has 7 heteroatoms. The van der Waals surface area contributed by atoms with E-state index in [1.807, 2.05) is 18.4 Å². The highest BCUT2D eigenvalue weighted by molar-refractivity contribution is 9.11. The van der Waals surface area contributed by atoms with Crippen molar-refractivity contribution in [1.29, 1.82) is 0 Å². The summed E-state index contributed by atoms with van der Waals surface area (Å²) in [6.45, 7) is 3.06. The van der Waals surface area contributed by atoms with Gasteiger partial charge in [0.15, 0.2) is 0 Å². The molecule has 0 bridgehead atoms. The number of halogens is 1. The van der Waals surface area contributed by atoms with Crippen LogP contribution in [0.15, 0.2) is 15.2 Å². The van der Waals surface area contributed by atoms with Crippen molar-refractivity contribution in [2.75, 3.05) is 13.6 Å². The van der Waals surface area contributed by atoms with Gasteiger partial charge in [-0.1, -0.05) is 6.42 Å². The van der Waals surface area contributed by atoms with E-state index in [0.29, 0.717) is 13.1 Å². The molecule has 0 spiro atoms. The van der Waals surface area contributed by atoms with Gasteiger partial charge in [0.25, 0.3) is 10.2 Å². The van der Waals surface area contributed by atoms with E-state index in [4.69, 9.17) is 0 Å². The SMILES string of the molecule is CC1CCCCN1S(=O)(=O)N(C)Cc1csc(Br)c1. The van der Waals surface area contributed by atoms with E-state index in [-0.39, 0.29) is 6.04 Å². The molecule has 0 amide bonds. The first kappa shape index (κ1) is 15.4. The van der Waals surface area contributed by atoms with E-state index >= 15 is 0 Å². The van der Waals surface area contributed by atoms with Crippen LogP contribution in [0.25, 0.3) is 0 Å². The smallest absolute Gasteiger partial charge is 0.195 e. The minimum atomic E-state index is -3.34. The number of nitrogens with zero attached hydrogens (tertiary/aromatic N) is 2. The Morgan fingerprint density at radius 1 is 1.53 bits per heavy atom. The molecule has 1 aliphatic heterocycles.